The Morgan fingerprint density at radius 1 is 1.32 bits per heavy atom. The van der Waals surface area contributed by atoms with E-state index < -0.39 is 0 Å². The summed E-state index contributed by atoms with van der Waals surface area (Å²) in [6.45, 7) is 9.25. The van der Waals surface area contributed by atoms with Gasteiger partial charge in [0.05, 0.1) is 5.57 Å². The SMILES string of the molecule is CCCN=C(CCC)C1=C(O)CC(C[C@@H](C)SCC)CC1=O. The highest BCUT2D eigenvalue weighted by atomic mass is 32.2. The van der Waals surface area contributed by atoms with Crippen LogP contribution in [-0.2, 0) is 4.79 Å². The molecule has 1 aliphatic carbocycles. The number of ketones is 1. The fraction of sp³-hybridized carbons (Fsp3) is 0.778. The fourth-order valence-electron chi connectivity index (χ4n) is 3.06. The van der Waals surface area contributed by atoms with E-state index in [4.69, 9.17) is 0 Å². The van der Waals surface area contributed by atoms with Gasteiger partial charge in [-0.2, -0.15) is 11.8 Å². The Balaban J connectivity index is 2.85. The number of thioether (sulfide) groups is 1. The third kappa shape index (κ3) is 5.79. The van der Waals surface area contributed by atoms with Crippen LogP contribution >= 0.6 is 11.8 Å². The summed E-state index contributed by atoms with van der Waals surface area (Å²) in [7, 11) is 0. The van der Waals surface area contributed by atoms with Crippen molar-refractivity contribution in [2.45, 2.75) is 71.5 Å². The first kappa shape index (κ1) is 19.3. The molecule has 1 rings (SSSR count). The van der Waals surface area contributed by atoms with Gasteiger partial charge in [0.2, 0.25) is 0 Å². The summed E-state index contributed by atoms with van der Waals surface area (Å²) >= 11 is 1.92. The summed E-state index contributed by atoms with van der Waals surface area (Å²) in [5, 5.41) is 11.0. The van der Waals surface area contributed by atoms with Gasteiger partial charge in [-0.15, -0.1) is 0 Å². The van der Waals surface area contributed by atoms with E-state index in [-0.39, 0.29) is 17.5 Å². The van der Waals surface area contributed by atoms with Crippen molar-refractivity contribution in [2.75, 3.05) is 12.3 Å². The maximum absolute atomic E-state index is 12.5. The molecular weight excluding hydrogens is 294 g/mol. The average molecular weight is 326 g/mol. The zero-order chi connectivity index (χ0) is 16.5. The molecule has 0 aromatic heterocycles. The van der Waals surface area contributed by atoms with Crippen LogP contribution in [0, 0.1) is 5.92 Å². The van der Waals surface area contributed by atoms with Gasteiger partial charge < -0.3 is 5.11 Å². The first-order valence-electron chi connectivity index (χ1n) is 8.63. The first-order valence-corrected chi connectivity index (χ1v) is 9.68. The summed E-state index contributed by atoms with van der Waals surface area (Å²) in [6, 6.07) is 0. The van der Waals surface area contributed by atoms with Gasteiger partial charge in [-0.05, 0) is 30.9 Å². The molecular formula is C18H31NO2S. The monoisotopic (exact) mass is 325 g/mol. The molecule has 0 aromatic rings. The van der Waals surface area contributed by atoms with E-state index in [9.17, 15) is 9.90 Å². The number of allylic oxidation sites excluding steroid dienone is 2. The normalized spacial score (nSPS) is 21.4. The van der Waals surface area contributed by atoms with E-state index in [0.29, 0.717) is 23.7 Å². The van der Waals surface area contributed by atoms with E-state index >= 15 is 0 Å². The first-order chi connectivity index (χ1) is 10.5. The summed E-state index contributed by atoms with van der Waals surface area (Å²) in [5.41, 5.74) is 1.35. The lowest BCUT2D eigenvalue weighted by atomic mass is 9.82. The van der Waals surface area contributed by atoms with E-state index in [1.807, 2.05) is 11.8 Å². The molecule has 0 saturated heterocycles. The summed E-state index contributed by atoms with van der Waals surface area (Å²) in [6.07, 6.45) is 4.87. The van der Waals surface area contributed by atoms with Crippen molar-refractivity contribution < 1.29 is 9.90 Å². The number of aliphatic hydroxyl groups excluding tert-OH is 1. The van der Waals surface area contributed by atoms with Gasteiger partial charge in [0, 0.05) is 30.3 Å². The van der Waals surface area contributed by atoms with E-state index in [1.165, 1.54) is 0 Å². The fourth-order valence-corrected chi connectivity index (χ4v) is 4.03. The molecule has 0 heterocycles. The molecule has 0 bridgehead atoms. The van der Waals surface area contributed by atoms with Crippen LogP contribution in [0.15, 0.2) is 16.3 Å². The van der Waals surface area contributed by atoms with Crippen LogP contribution in [0.2, 0.25) is 0 Å². The standard InChI is InChI=1S/C18H31NO2S/c1-5-8-15(19-9-6-2)18-16(20)11-14(12-17(18)21)10-13(4)22-7-3/h13-14,20H,5-12H2,1-4H3/t13-,14?/m1/s1. The molecule has 0 spiro atoms. The Morgan fingerprint density at radius 3 is 2.59 bits per heavy atom. The third-order valence-electron chi connectivity index (χ3n) is 3.94. The highest BCUT2D eigenvalue weighted by Crippen LogP contribution is 2.32. The minimum absolute atomic E-state index is 0.0887. The van der Waals surface area contributed by atoms with Gasteiger partial charge in [-0.1, -0.05) is 34.1 Å². The van der Waals surface area contributed by atoms with Crippen molar-refractivity contribution >= 4 is 23.3 Å². The van der Waals surface area contributed by atoms with Gasteiger partial charge in [0.1, 0.15) is 5.76 Å². The molecule has 0 saturated carbocycles. The van der Waals surface area contributed by atoms with Crippen LogP contribution in [0.3, 0.4) is 0 Å². The molecule has 0 aliphatic heterocycles. The van der Waals surface area contributed by atoms with Crippen LogP contribution in [0.1, 0.15) is 66.2 Å². The summed E-state index contributed by atoms with van der Waals surface area (Å²) in [4.78, 5) is 17.1. The molecule has 4 heteroatoms. The van der Waals surface area contributed by atoms with E-state index in [0.717, 1.165) is 43.7 Å². The molecule has 22 heavy (non-hydrogen) atoms. The molecule has 1 N–H and O–H groups in total. The van der Waals surface area contributed by atoms with Crippen LogP contribution in [-0.4, -0.2) is 34.1 Å². The number of carbonyl (C=O) groups is 1. The largest absolute Gasteiger partial charge is 0.511 e. The number of rotatable bonds is 9. The minimum Gasteiger partial charge on any atom is -0.511 e. The Morgan fingerprint density at radius 2 is 2.05 bits per heavy atom. The van der Waals surface area contributed by atoms with Crippen LogP contribution in [0.5, 0.6) is 0 Å². The predicted octanol–water partition coefficient (Wildman–Crippen LogP) is 4.96. The maximum atomic E-state index is 12.5. The van der Waals surface area contributed by atoms with Crippen LogP contribution < -0.4 is 0 Å². The zero-order valence-corrected chi connectivity index (χ0v) is 15.3. The Kier molecular flexibility index (Phi) is 8.84. The highest BCUT2D eigenvalue weighted by Gasteiger charge is 2.30. The van der Waals surface area contributed by atoms with Crippen LogP contribution in [0.4, 0.5) is 0 Å². The van der Waals surface area contributed by atoms with E-state index in [1.54, 1.807) is 0 Å². The number of aliphatic hydroxyl groups is 1. The number of hydrogen-bond donors (Lipinski definition) is 1. The van der Waals surface area contributed by atoms with Gasteiger partial charge in [-0.25, -0.2) is 0 Å². The molecule has 126 valence electrons. The van der Waals surface area contributed by atoms with Crippen molar-refractivity contribution in [2.24, 2.45) is 10.9 Å². The van der Waals surface area contributed by atoms with Gasteiger partial charge in [0.15, 0.2) is 5.78 Å². The van der Waals surface area contributed by atoms with Crippen molar-refractivity contribution in [3.8, 4) is 0 Å². The predicted molar refractivity (Wildman–Crippen MR) is 97.1 cm³/mol. The maximum Gasteiger partial charge on any atom is 0.168 e. The lowest BCUT2D eigenvalue weighted by molar-refractivity contribution is -0.116. The third-order valence-corrected chi connectivity index (χ3v) is 5.04. The molecule has 2 atom stereocenters. The van der Waals surface area contributed by atoms with Gasteiger partial charge >= 0.3 is 0 Å². The second kappa shape index (κ2) is 10.1. The highest BCUT2D eigenvalue weighted by molar-refractivity contribution is 7.99. The number of Topliss-reactive ketones (excluding diaryl/α,β-unsaturated/α-hetero) is 1. The summed E-state index contributed by atoms with van der Waals surface area (Å²) < 4.78 is 0. The molecule has 0 amide bonds. The van der Waals surface area contributed by atoms with Gasteiger partial charge in [0.25, 0.3) is 0 Å². The zero-order valence-electron chi connectivity index (χ0n) is 14.5. The molecule has 0 radical (unpaired) electrons. The topological polar surface area (TPSA) is 49.7 Å². The Labute approximate surface area is 139 Å². The Hall–Kier alpha value is -0.770. The van der Waals surface area contributed by atoms with Crippen molar-refractivity contribution in [3.63, 3.8) is 0 Å². The lowest BCUT2D eigenvalue weighted by Gasteiger charge is -2.26. The average Bonchev–Trinajstić information content (AvgIpc) is 2.44. The van der Waals surface area contributed by atoms with Crippen molar-refractivity contribution in [1.29, 1.82) is 0 Å². The van der Waals surface area contributed by atoms with E-state index in [2.05, 4.69) is 32.7 Å². The molecule has 0 aromatic carbocycles. The Bertz CT molecular complexity index is 429. The quantitative estimate of drug-likeness (QED) is 0.609. The van der Waals surface area contributed by atoms with Crippen LogP contribution in [0.25, 0.3) is 0 Å². The number of carbonyl (C=O) groups excluding carboxylic acids is 1. The molecule has 0 fully saturated rings. The molecule has 1 aliphatic rings. The second-order valence-electron chi connectivity index (χ2n) is 6.10. The number of aliphatic imine (C=N–C) groups is 1. The lowest BCUT2D eigenvalue weighted by Crippen LogP contribution is -2.26. The smallest absolute Gasteiger partial charge is 0.168 e. The van der Waals surface area contributed by atoms with Crippen molar-refractivity contribution in [3.05, 3.63) is 11.3 Å². The second-order valence-corrected chi connectivity index (χ2v) is 7.81. The van der Waals surface area contributed by atoms with Crippen molar-refractivity contribution in [1.82, 2.24) is 0 Å². The molecule has 3 nitrogen and oxygen atoms in total. The molecule has 1 unspecified atom stereocenters. The minimum atomic E-state index is 0.0887. The van der Waals surface area contributed by atoms with Gasteiger partial charge in [-0.3, -0.25) is 9.79 Å². The number of hydrogen-bond acceptors (Lipinski definition) is 4. The number of nitrogens with zero attached hydrogens (tertiary/aromatic N) is 1. The summed E-state index contributed by atoms with van der Waals surface area (Å²) in [5.74, 6) is 1.74.